The van der Waals surface area contributed by atoms with E-state index in [1.54, 1.807) is 0 Å². The van der Waals surface area contributed by atoms with E-state index in [1.807, 2.05) is 0 Å². The summed E-state index contributed by atoms with van der Waals surface area (Å²) >= 11 is 0. The highest BCUT2D eigenvalue weighted by molar-refractivity contribution is 6.74. The molecule has 1 aliphatic rings. The summed E-state index contributed by atoms with van der Waals surface area (Å²) in [5, 5.41) is 3.38. The minimum Gasteiger partial charge on any atom is -0.418 e. The van der Waals surface area contributed by atoms with Crippen LogP contribution in [0, 0.1) is 0 Å². The molecule has 1 aliphatic heterocycles. The number of nitrogens with two attached hydrogens (primary N) is 1. The number of hydrogen-bond acceptors (Lipinski definition) is 3. The molecule has 0 aliphatic carbocycles. The van der Waals surface area contributed by atoms with Crippen molar-refractivity contribution >= 4 is 21.5 Å². The van der Waals surface area contributed by atoms with Gasteiger partial charge in [-0.15, -0.1) is 0 Å². The van der Waals surface area contributed by atoms with Crippen LogP contribution in [-0.2, 0) is 4.43 Å². The lowest BCUT2D eigenvalue weighted by Crippen LogP contribution is -2.80. The van der Waals surface area contributed by atoms with Crippen molar-refractivity contribution < 1.29 is 26.7 Å². The zero-order valence-electron chi connectivity index (χ0n) is 13.3. The number of guanidine groups is 1. The maximum Gasteiger partial charge on any atom is 0.673 e. The smallest absolute Gasteiger partial charge is 0.418 e. The molecule has 126 valence electrons. The predicted octanol–water partition coefficient (Wildman–Crippen LogP) is 1.07. The zero-order valence-corrected chi connectivity index (χ0v) is 14.3. The van der Waals surface area contributed by atoms with Gasteiger partial charge in [0.2, 0.25) is 0 Å². The van der Waals surface area contributed by atoms with Crippen molar-refractivity contribution in [3.05, 3.63) is 0 Å². The van der Waals surface area contributed by atoms with Crippen LogP contribution in [0.15, 0.2) is 0 Å². The molecular weight excluding hydrogens is 305 g/mol. The summed E-state index contributed by atoms with van der Waals surface area (Å²) in [5.74, 6) is 0.668. The predicted molar refractivity (Wildman–Crippen MR) is 79.9 cm³/mol. The Morgan fingerprint density at radius 3 is 2.19 bits per heavy atom. The van der Waals surface area contributed by atoms with E-state index in [9.17, 15) is 17.3 Å². The van der Waals surface area contributed by atoms with Crippen molar-refractivity contribution in [1.82, 2.24) is 5.32 Å². The van der Waals surface area contributed by atoms with Crippen LogP contribution in [0.25, 0.3) is 0 Å². The largest absolute Gasteiger partial charge is 0.673 e. The van der Waals surface area contributed by atoms with Crippen LogP contribution in [0.4, 0.5) is 17.3 Å². The second-order valence-electron chi connectivity index (χ2n) is 6.51. The maximum absolute atomic E-state index is 9.75. The molecule has 0 radical (unpaired) electrons. The third-order valence-electron chi connectivity index (χ3n) is 3.57. The van der Waals surface area contributed by atoms with E-state index >= 15 is 0 Å². The second-order valence-corrected chi connectivity index (χ2v) is 11.3. The van der Waals surface area contributed by atoms with Crippen LogP contribution in [0.1, 0.15) is 27.2 Å². The van der Waals surface area contributed by atoms with Gasteiger partial charge in [-0.3, -0.25) is 16.0 Å². The minimum atomic E-state index is -6.00. The van der Waals surface area contributed by atoms with Crippen LogP contribution < -0.4 is 16.0 Å². The van der Waals surface area contributed by atoms with Gasteiger partial charge in [0.25, 0.3) is 0 Å². The van der Waals surface area contributed by atoms with Gasteiger partial charge in [0, 0.05) is 6.42 Å². The van der Waals surface area contributed by atoms with Crippen LogP contribution in [0.2, 0.25) is 18.1 Å². The Morgan fingerprint density at radius 1 is 1.29 bits per heavy atom. The summed E-state index contributed by atoms with van der Waals surface area (Å²) < 4.78 is 45.3. The van der Waals surface area contributed by atoms with E-state index in [0.29, 0.717) is 5.96 Å². The monoisotopic (exact) mass is 331 g/mol. The highest BCUT2D eigenvalue weighted by Gasteiger charge is 2.39. The van der Waals surface area contributed by atoms with Crippen LogP contribution in [0.3, 0.4) is 0 Å². The third-order valence-corrected chi connectivity index (χ3v) is 8.10. The molecular formula is C11H26BF4N3OSi. The Morgan fingerprint density at radius 2 is 1.76 bits per heavy atom. The molecule has 10 heteroatoms. The first-order valence-electron chi connectivity index (χ1n) is 6.87. The highest BCUT2D eigenvalue weighted by atomic mass is 28.4. The molecule has 1 atom stereocenters. The van der Waals surface area contributed by atoms with Gasteiger partial charge in [0.05, 0.1) is 19.2 Å². The quantitative estimate of drug-likeness (QED) is 0.524. The molecule has 4 N–H and O–H groups in total. The van der Waals surface area contributed by atoms with Gasteiger partial charge < -0.3 is 21.7 Å². The van der Waals surface area contributed by atoms with Crippen LogP contribution in [0.5, 0.6) is 0 Å². The Balaban J connectivity index is 0.000000690. The van der Waals surface area contributed by atoms with Crippen molar-refractivity contribution in [3.63, 3.8) is 0 Å². The summed E-state index contributed by atoms with van der Waals surface area (Å²) in [4.78, 5) is 3.15. The van der Waals surface area contributed by atoms with Gasteiger partial charge in [0.1, 0.15) is 0 Å². The van der Waals surface area contributed by atoms with E-state index in [1.165, 1.54) is 0 Å². The van der Waals surface area contributed by atoms with Crippen molar-refractivity contribution in [2.75, 3.05) is 13.1 Å². The molecule has 0 aromatic heterocycles. The number of rotatable bonds is 2. The lowest BCUT2D eigenvalue weighted by atomic mass is 10.2. The van der Waals surface area contributed by atoms with E-state index in [4.69, 9.17) is 10.2 Å². The Kier molecular flexibility index (Phi) is 7.21. The molecule has 4 nitrogen and oxygen atoms in total. The molecule has 0 saturated heterocycles. The Bertz CT molecular complexity index is 352. The van der Waals surface area contributed by atoms with Gasteiger partial charge in [-0.05, 0) is 18.1 Å². The number of nitrogens with one attached hydrogen (secondary N) is 2. The lowest BCUT2D eigenvalue weighted by Gasteiger charge is -2.38. The summed E-state index contributed by atoms with van der Waals surface area (Å²) in [6, 6.07) is 0. The molecule has 21 heavy (non-hydrogen) atoms. The fraction of sp³-hybridized carbons (Fsp3) is 0.909. The number of halogens is 4. The van der Waals surface area contributed by atoms with E-state index in [2.05, 4.69) is 44.2 Å². The summed E-state index contributed by atoms with van der Waals surface area (Å²) in [7, 11) is -7.65. The van der Waals surface area contributed by atoms with Gasteiger partial charge in [0.15, 0.2) is 8.32 Å². The second kappa shape index (κ2) is 7.48. The van der Waals surface area contributed by atoms with E-state index in [0.717, 1.165) is 19.5 Å². The van der Waals surface area contributed by atoms with Crippen LogP contribution >= 0.6 is 0 Å². The Labute approximate surface area is 124 Å². The molecule has 0 saturated carbocycles. The average Bonchev–Trinajstić information content (AvgIpc) is 2.39. The molecule has 0 spiro atoms. The van der Waals surface area contributed by atoms with Gasteiger partial charge in [-0.1, -0.05) is 20.8 Å². The molecule has 1 unspecified atom stereocenters. The number of hydrogen-bond donors (Lipinski definition) is 3. The van der Waals surface area contributed by atoms with Gasteiger partial charge in [-0.25, -0.2) is 0 Å². The summed E-state index contributed by atoms with van der Waals surface area (Å²) in [6.07, 6.45) is 1.29. The van der Waals surface area contributed by atoms with Crippen molar-refractivity contribution in [1.29, 1.82) is 0 Å². The first kappa shape index (κ1) is 20.2. The zero-order chi connectivity index (χ0) is 16.9. The third kappa shape index (κ3) is 9.73. The fourth-order valence-corrected chi connectivity index (χ4v) is 2.84. The molecule has 0 bridgehead atoms. The maximum atomic E-state index is 9.75. The normalized spacial score (nSPS) is 20.6. The topological polar surface area (TPSA) is 61.2 Å². The Hall–Kier alpha value is -0.768. The molecule has 0 aromatic rings. The SMILES string of the molecule is CC(C)(C)[Si](C)(C)OC1CCNC(N)=[NH+]C1.F[B-](F)(F)F. The van der Waals surface area contributed by atoms with Crippen LogP contribution in [-0.4, -0.2) is 40.7 Å². The van der Waals surface area contributed by atoms with Crippen molar-refractivity contribution in [2.45, 2.75) is 51.4 Å². The average molecular weight is 331 g/mol. The van der Waals surface area contributed by atoms with Gasteiger partial charge in [-0.2, -0.15) is 0 Å². The molecule has 1 rings (SSSR count). The first-order valence-corrected chi connectivity index (χ1v) is 9.78. The molecule has 0 amide bonds. The molecule has 0 aromatic carbocycles. The standard InChI is InChI=1S/C11H25N3OSi.BF4/c1-11(2,3)16(4,5)15-9-6-7-13-10(12)14-8-9;2-1(3,4)5/h9H,6-8H2,1-5H3,(H3,12,13,14);/q;-1/p+1. The van der Waals surface area contributed by atoms with E-state index < -0.39 is 15.6 Å². The lowest BCUT2D eigenvalue weighted by molar-refractivity contribution is -0.469. The minimum absolute atomic E-state index is 0.266. The van der Waals surface area contributed by atoms with Gasteiger partial charge >= 0.3 is 13.2 Å². The fourth-order valence-electron chi connectivity index (χ4n) is 1.45. The molecule has 0 fully saturated rings. The highest BCUT2D eigenvalue weighted by Crippen LogP contribution is 2.37. The summed E-state index contributed by atoms with van der Waals surface area (Å²) in [6.45, 7) is 13.1. The van der Waals surface area contributed by atoms with Crippen molar-refractivity contribution in [3.8, 4) is 0 Å². The summed E-state index contributed by atoms with van der Waals surface area (Å²) in [5.41, 5.74) is 5.70. The van der Waals surface area contributed by atoms with E-state index in [-0.39, 0.29) is 11.1 Å². The molecule has 1 heterocycles. The first-order chi connectivity index (χ1) is 9.22. The van der Waals surface area contributed by atoms with Crippen molar-refractivity contribution in [2.24, 2.45) is 5.73 Å².